The predicted molar refractivity (Wildman–Crippen MR) is 134 cm³/mol. The van der Waals surface area contributed by atoms with Crippen molar-refractivity contribution in [2.24, 2.45) is 0 Å². The van der Waals surface area contributed by atoms with Crippen LogP contribution in [0.25, 0.3) is 11.1 Å². The molecule has 0 amide bonds. The van der Waals surface area contributed by atoms with E-state index in [0.717, 1.165) is 47.9 Å². The average Bonchev–Trinajstić information content (AvgIpc) is 2.80. The summed E-state index contributed by atoms with van der Waals surface area (Å²) in [5, 5.41) is 19.4. The first-order valence-electron chi connectivity index (χ1n) is 11.6. The summed E-state index contributed by atoms with van der Waals surface area (Å²) >= 11 is 1.48. The lowest BCUT2D eigenvalue weighted by Crippen LogP contribution is -2.58. The van der Waals surface area contributed by atoms with Gasteiger partial charge in [-0.3, -0.25) is 9.69 Å². The van der Waals surface area contributed by atoms with Crippen LogP contribution >= 0.6 is 11.8 Å². The zero-order chi connectivity index (χ0) is 24.5. The molecule has 0 unspecified atom stereocenters. The van der Waals surface area contributed by atoms with Crippen molar-refractivity contribution in [3.63, 3.8) is 0 Å². The van der Waals surface area contributed by atoms with Crippen LogP contribution < -0.4 is 0 Å². The average molecular weight is 505 g/mol. The molecule has 0 spiro atoms. The minimum absolute atomic E-state index is 0.106. The minimum atomic E-state index is -3.94. The highest BCUT2D eigenvalue weighted by atomic mass is 32.2. The van der Waals surface area contributed by atoms with E-state index in [4.69, 9.17) is 0 Å². The molecular weight excluding hydrogens is 472 g/mol. The highest BCUT2D eigenvalue weighted by Gasteiger charge is 2.48. The molecular formula is C25H32N2O5S2. The summed E-state index contributed by atoms with van der Waals surface area (Å²) in [6.07, 6.45) is 1.45. The second-order valence-electron chi connectivity index (χ2n) is 9.54. The van der Waals surface area contributed by atoms with Gasteiger partial charge in [0.25, 0.3) is 0 Å². The zero-order valence-electron chi connectivity index (χ0n) is 19.6. The van der Waals surface area contributed by atoms with Gasteiger partial charge in [-0.25, -0.2) is 8.42 Å². The van der Waals surface area contributed by atoms with E-state index in [1.54, 1.807) is 38.1 Å². The van der Waals surface area contributed by atoms with Gasteiger partial charge in [-0.05, 0) is 55.5 Å². The Morgan fingerprint density at radius 2 is 1.56 bits per heavy atom. The zero-order valence-corrected chi connectivity index (χ0v) is 21.2. The molecule has 0 aromatic heterocycles. The fourth-order valence-electron chi connectivity index (χ4n) is 4.73. The van der Waals surface area contributed by atoms with E-state index in [9.17, 15) is 23.4 Å². The van der Waals surface area contributed by atoms with Crippen LogP contribution in [-0.2, 0) is 21.4 Å². The fourth-order valence-corrected chi connectivity index (χ4v) is 7.82. The maximum absolute atomic E-state index is 13.3. The van der Waals surface area contributed by atoms with Gasteiger partial charge in [0.1, 0.15) is 6.04 Å². The topological polar surface area (TPSA) is 98.2 Å². The van der Waals surface area contributed by atoms with Crippen molar-refractivity contribution in [2.75, 3.05) is 25.4 Å². The Morgan fingerprint density at radius 1 is 1.00 bits per heavy atom. The van der Waals surface area contributed by atoms with Gasteiger partial charge in [-0.1, -0.05) is 36.4 Å². The number of hydrogen-bond acceptors (Lipinski definition) is 6. The van der Waals surface area contributed by atoms with Crippen LogP contribution in [0.4, 0.5) is 0 Å². The monoisotopic (exact) mass is 504 g/mol. The van der Waals surface area contributed by atoms with Crippen LogP contribution in [0.2, 0.25) is 0 Å². The summed E-state index contributed by atoms with van der Waals surface area (Å²) in [7, 11) is -3.94. The summed E-state index contributed by atoms with van der Waals surface area (Å²) in [5.74, 6) is -0.573. The number of carbonyl (C=O) groups is 1. The lowest BCUT2D eigenvalue weighted by atomic mass is 10.0. The fraction of sp³-hybridized carbons (Fsp3) is 0.480. The van der Waals surface area contributed by atoms with Crippen LogP contribution in [0.3, 0.4) is 0 Å². The first-order chi connectivity index (χ1) is 16.1. The Morgan fingerprint density at radius 3 is 2.12 bits per heavy atom. The largest absolute Gasteiger partial charge is 0.480 e. The van der Waals surface area contributed by atoms with E-state index in [-0.39, 0.29) is 17.5 Å². The van der Waals surface area contributed by atoms with Crippen molar-refractivity contribution in [1.82, 2.24) is 9.21 Å². The van der Waals surface area contributed by atoms with E-state index in [2.05, 4.69) is 17.0 Å². The van der Waals surface area contributed by atoms with Crippen molar-refractivity contribution in [3.05, 3.63) is 54.1 Å². The van der Waals surface area contributed by atoms with E-state index >= 15 is 0 Å². The molecule has 0 saturated carbocycles. The van der Waals surface area contributed by atoms with E-state index in [0.29, 0.717) is 5.75 Å². The molecule has 0 aliphatic carbocycles. The van der Waals surface area contributed by atoms with Gasteiger partial charge in [-0.15, -0.1) is 0 Å². The summed E-state index contributed by atoms with van der Waals surface area (Å²) < 4.78 is 27.1. The molecule has 0 bridgehead atoms. The SMILES string of the molecule is CC1(C)SCCN(S(=O)(=O)c2ccc(-c3ccc(CN4CCC(O)CC4)cc3)cc2)[C@H]1C(=O)O. The molecule has 2 saturated heterocycles. The quantitative estimate of drug-likeness (QED) is 0.623. The molecule has 2 heterocycles. The summed E-state index contributed by atoms with van der Waals surface area (Å²) in [6.45, 7) is 6.37. The van der Waals surface area contributed by atoms with E-state index in [1.807, 2.05) is 12.1 Å². The third-order valence-corrected chi connectivity index (χ3v) is 9.91. The number of thioether (sulfide) groups is 1. The molecule has 2 aromatic rings. The third kappa shape index (κ3) is 5.33. The number of carboxylic acid groups (broad SMARTS) is 1. The molecule has 7 nitrogen and oxygen atoms in total. The summed E-state index contributed by atoms with van der Waals surface area (Å²) in [4.78, 5) is 14.4. The van der Waals surface area contributed by atoms with E-state index in [1.165, 1.54) is 17.3 Å². The highest BCUT2D eigenvalue weighted by Crippen LogP contribution is 2.38. The number of aliphatic carboxylic acids is 1. The van der Waals surface area contributed by atoms with Crippen LogP contribution in [0, 0.1) is 0 Å². The highest BCUT2D eigenvalue weighted by molar-refractivity contribution is 8.00. The van der Waals surface area contributed by atoms with Crippen molar-refractivity contribution < 1.29 is 23.4 Å². The smallest absolute Gasteiger partial charge is 0.323 e. The Hall–Kier alpha value is -1.91. The predicted octanol–water partition coefficient (Wildman–Crippen LogP) is 3.28. The van der Waals surface area contributed by atoms with Crippen LogP contribution in [-0.4, -0.2) is 76.1 Å². The normalized spacial score (nSPS) is 22.5. The number of nitrogens with zero attached hydrogens (tertiary/aromatic N) is 2. The maximum Gasteiger partial charge on any atom is 0.323 e. The molecule has 2 aliphatic rings. The standard InChI is InChI=1S/C25H32N2O5S2/c1-25(2)23(24(29)30)27(15-16-33-25)34(31,32)22-9-7-20(8-10-22)19-5-3-18(4-6-19)17-26-13-11-21(28)12-14-26/h3-10,21,23,28H,11-17H2,1-2H3,(H,29,30)/t23-/m0/s1. The second-order valence-corrected chi connectivity index (χ2v) is 13.2. The summed E-state index contributed by atoms with van der Waals surface area (Å²) in [5.41, 5.74) is 3.08. The molecule has 2 N–H and O–H groups in total. The summed E-state index contributed by atoms with van der Waals surface area (Å²) in [6, 6.07) is 13.8. The lowest BCUT2D eigenvalue weighted by Gasteiger charge is -2.42. The Bertz CT molecular complexity index is 1110. The van der Waals surface area contributed by atoms with Gasteiger partial charge in [0.15, 0.2) is 0 Å². The van der Waals surface area contributed by atoms with Gasteiger partial charge in [-0.2, -0.15) is 16.1 Å². The molecule has 2 aromatic carbocycles. The number of carboxylic acids is 1. The lowest BCUT2D eigenvalue weighted by molar-refractivity contribution is -0.142. The number of rotatable bonds is 6. The number of piperidine rings is 1. The van der Waals surface area contributed by atoms with Crippen LogP contribution in [0.1, 0.15) is 32.3 Å². The van der Waals surface area contributed by atoms with Crippen molar-refractivity contribution in [3.8, 4) is 11.1 Å². The number of likely N-dealkylation sites (tertiary alicyclic amines) is 1. The molecule has 0 radical (unpaired) electrons. The number of benzene rings is 2. The van der Waals surface area contributed by atoms with Crippen molar-refractivity contribution in [2.45, 2.75) is 55.0 Å². The van der Waals surface area contributed by atoms with Gasteiger partial charge >= 0.3 is 5.97 Å². The van der Waals surface area contributed by atoms with Crippen LogP contribution in [0.5, 0.6) is 0 Å². The molecule has 34 heavy (non-hydrogen) atoms. The van der Waals surface area contributed by atoms with Gasteiger partial charge in [0.2, 0.25) is 10.0 Å². The number of aliphatic hydroxyl groups excluding tert-OH is 1. The van der Waals surface area contributed by atoms with E-state index < -0.39 is 26.8 Å². The molecule has 9 heteroatoms. The number of aliphatic hydroxyl groups is 1. The Kier molecular flexibility index (Phi) is 7.40. The van der Waals surface area contributed by atoms with Crippen molar-refractivity contribution in [1.29, 1.82) is 0 Å². The maximum atomic E-state index is 13.3. The molecule has 184 valence electrons. The molecule has 2 aliphatic heterocycles. The first-order valence-corrected chi connectivity index (χ1v) is 14.0. The Labute approximate surface area is 205 Å². The van der Waals surface area contributed by atoms with Gasteiger partial charge in [0, 0.05) is 36.7 Å². The van der Waals surface area contributed by atoms with Crippen molar-refractivity contribution >= 4 is 27.8 Å². The number of hydrogen-bond donors (Lipinski definition) is 2. The number of sulfonamides is 1. The minimum Gasteiger partial charge on any atom is -0.480 e. The third-order valence-electron chi connectivity index (χ3n) is 6.68. The van der Waals surface area contributed by atoms with Gasteiger partial charge in [0.05, 0.1) is 11.0 Å². The first kappa shape index (κ1) is 25.2. The Balaban J connectivity index is 1.48. The van der Waals surface area contributed by atoms with Crippen LogP contribution in [0.15, 0.2) is 53.4 Å². The second kappa shape index (κ2) is 9.99. The molecule has 1 atom stereocenters. The molecule has 2 fully saturated rings. The van der Waals surface area contributed by atoms with Gasteiger partial charge < -0.3 is 10.2 Å². The molecule has 4 rings (SSSR count).